The zero-order chi connectivity index (χ0) is 36.2. The predicted octanol–water partition coefficient (Wildman–Crippen LogP) is 13.6. The number of rotatable bonds is 20. The van der Waals surface area contributed by atoms with E-state index in [0.717, 1.165) is 81.0 Å². The third-order valence-electron chi connectivity index (χ3n) is 15.3. The smallest absolute Gasteiger partial charge is 0.308 e. The topological polar surface area (TPSA) is 46.5 Å². The summed E-state index contributed by atoms with van der Waals surface area (Å²) < 4.78 is 6.30. The Bertz CT molecular complexity index is 1100. The number of ether oxygens (including phenoxy) is 1. The average Bonchev–Trinajstić information content (AvgIpc) is 3.44. The van der Waals surface area contributed by atoms with Gasteiger partial charge in [0.05, 0.1) is 0 Å². The molecule has 3 nitrogen and oxygen atoms in total. The standard InChI is InChI=1S/C47H80O3/c1-8-10-11-12-13-14-15-16-17-18-19-20-21-22-23-26-44(48)50-47(49)34-24-25-39-29-30-40-42-32-31-41(37(5)27-28-38(9-2)36(3)4)45(42,6)35-33-43(40)46(39,47)7/h10-11,13-14,16-17,36-43,49H,8-9,12,15,18-35H2,1-7H3/b11-10-,14-13-,17-16-/t37-,38-,39?,40-,41-,42+,43+,45-,46+,47?/m1/s1. The van der Waals surface area contributed by atoms with E-state index in [2.05, 4.69) is 84.9 Å². The normalized spacial score (nSPS) is 35.4. The summed E-state index contributed by atoms with van der Waals surface area (Å²) in [6.45, 7) is 16.9. The van der Waals surface area contributed by atoms with Crippen molar-refractivity contribution in [2.75, 3.05) is 0 Å². The van der Waals surface area contributed by atoms with Crippen molar-refractivity contribution in [3.63, 3.8) is 0 Å². The Hall–Kier alpha value is -1.35. The summed E-state index contributed by atoms with van der Waals surface area (Å²) in [5, 5.41) is 12.4. The van der Waals surface area contributed by atoms with Crippen LogP contribution in [0.5, 0.6) is 0 Å². The molecule has 0 aromatic heterocycles. The van der Waals surface area contributed by atoms with Crippen LogP contribution < -0.4 is 0 Å². The maximum absolute atomic E-state index is 13.4. The van der Waals surface area contributed by atoms with E-state index < -0.39 is 5.79 Å². The number of hydrogen-bond donors (Lipinski definition) is 1. The Labute approximate surface area is 310 Å². The van der Waals surface area contributed by atoms with E-state index in [9.17, 15) is 9.90 Å². The van der Waals surface area contributed by atoms with Gasteiger partial charge in [-0.25, -0.2) is 0 Å². The summed E-state index contributed by atoms with van der Waals surface area (Å²) in [6.07, 6.45) is 38.3. The van der Waals surface area contributed by atoms with E-state index in [1.54, 1.807) is 0 Å². The van der Waals surface area contributed by atoms with Crippen molar-refractivity contribution >= 4 is 5.97 Å². The van der Waals surface area contributed by atoms with Crippen molar-refractivity contribution < 1.29 is 14.6 Å². The molecule has 1 N–H and O–H groups in total. The molecule has 0 heterocycles. The molecule has 0 saturated heterocycles. The second kappa shape index (κ2) is 19.6. The summed E-state index contributed by atoms with van der Waals surface area (Å²) in [4.78, 5) is 13.4. The van der Waals surface area contributed by atoms with Crippen LogP contribution in [-0.4, -0.2) is 16.9 Å². The number of carbonyl (C=O) groups is 1. The minimum absolute atomic E-state index is 0.167. The Morgan fingerprint density at radius 1 is 0.780 bits per heavy atom. The minimum atomic E-state index is -1.31. The molecule has 0 amide bonds. The fourth-order valence-electron chi connectivity index (χ4n) is 12.3. The third kappa shape index (κ3) is 9.79. The van der Waals surface area contributed by atoms with E-state index in [0.29, 0.717) is 36.0 Å². The number of carbonyl (C=O) groups excluding carboxylic acids is 1. The van der Waals surface area contributed by atoms with Gasteiger partial charge < -0.3 is 9.84 Å². The van der Waals surface area contributed by atoms with E-state index in [4.69, 9.17) is 4.74 Å². The maximum Gasteiger partial charge on any atom is 0.308 e. The lowest BCUT2D eigenvalue weighted by Gasteiger charge is -2.64. The lowest BCUT2D eigenvalue weighted by atomic mass is 9.43. The van der Waals surface area contributed by atoms with Crippen LogP contribution in [-0.2, 0) is 9.53 Å². The third-order valence-corrected chi connectivity index (χ3v) is 15.3. The summed E-state index contributed by atoms with van der Waals surface area (Å²) in [5.74, 6) is 4.13. The molecular weight excluding hydrogens is 613 g/mol. The predicted molar refractivity (Wildman–Crippen MR) is 213 cm³/mol. The van der Waals surface area contributed by atoms with Gasteiger partial charge in [-0.1, -0.05) is 117 Å². The second-order valence-electron chi connectivity index (χ2n) is 18.4. The number of unbranched alkanes of at least 4 members (excludes halogenated alkanes) is 5. The molecular formula is C47H80O3. The van der Waals surface area contributed by atoms with E-state index in [1.165, 1.54) is 77.0 Å². The van der Waals surface area contributed by atoms with Crippen LogP contribution in [0.2, 0.25) is 0 Å². The van der Waals surface area contributed by atoms with Crippen molar-refractivity contribution in [1.82, 2.24) is 0 Å². The van der Waals surface area contributed by atoms with Gasteiger partial charge >= 0.3 is 5.97 Å². The number of hydrogen-bond acceptors (Lipinski definition) is 3. The van der Waals surface area contributed by atoms with Crippen molar-refractivity contribution in [2.24, 2.45) is 58.2 Å². The molecule has 0 radical (unpaired) electrons. The highest BCUT2D eigenvalue weighted by atomic mass is 16.7. The van der Waals surface area contributed by atoms with E-state index >= 15 is 0 Å². The van der Waals surface area contributed by atoms with E-state index in [-0.39, 0.29) is 11.4 Å². The molecule has 4 aliphatic carbocycles. The molecule has 4 rings (SSSR count). The average molecular weight is 693 g/mol. The summed E-state index contributed by atoms with van der Waals surface area (Å²) in [6, 6.07) is 0. The number of allylic oxidation sites excluding steroid dienone is 6. The second-order valence-corrected chi connectivity index (χ2v) is 18.4. The zero-order valence-corrected chi connectivity index (χ0v) is 33.9. The quantitative estimate of drug-likeness (QED) is 0.0598. The maximum atomic E-state index is 13.4. The fraction of sp³-hybridized carbons (Fsp3) is 0.851. The van der Waals surface area contributed by atoms with Crippen molar-refractivity contribution in [3.8, 4) is 0 Å². The van der Waals surface area contributed by atoms with Crippen LogP contribution >= 0.6 is 0 Å². The number of fused-ring (bicyclic) bond motifs is 5. The lowest BCUT2D eigenvalue weighted by molar-refractivity contribution is -0.319. The number of aliphatic hydroxyl groups is 1. The van der Waals surface area contributed by atoms with Gasteiger partial charge in [-0.15, -0.1) is 0 Å². The molecule has 4 aliphatic rings. The first-order chi connectivity index (χ1) is 24.0. The molecule has 4 saturated carbocycles. The first-order valence-electron chi connectivity index (χ1n) is 21.9. The highest BCUT2D eigenvalue weighted by molar-refractivity contribution is 5.69. The van der Waals surface area contributed by atoms with Crippen LogP contribution in [0.1, 0.15) is 190 Å². The highest BCUT2D eigenvalue weighted by Crippen LogP contribution is 2.70. The first-order valence-corrected chi connectivity index (χ1v) is 21.9. The Balaban J connectivity index is 1.25. The molecule has 286 valence electrons. The van der Waals surface area contributed by atoms with Gasteiger partial charge in [0.2, 0.25) is 5.79 Å². The molecule has 10 atom stereocenters. The molecule has 0 aromatic rings. The number of esters is 1. The Kier molecular flexibility index (Phi) is 16.3. The summed E-state index contributed by atoms with van der Waals surface area (Å²) in [7, 11) is 0. The SMILES string of the molecule is CC/C=C\C/C=C\C/C=C\CCCCCCCC(=O)OC1(O)CCCC2CC[C@@H]3[C@@H]4CC[C@H]([C@H](C)CC[C@@H](CC)C(C)C)[C@@]4(C)CC[C@@H]3[C@]21C. The van der Waals surface area contributed by atoms with Crippen LogP contribution in [0, 0.1) is 58.2 Å². The van der Waals surface area contributed by atoms with Gasteiger partial charge in [-0.3, -0.25) is 4.79 Å². The van der Waals surface area contributed by atoms with Gasteiger partial charge in [0.1, 0.15) is 0 Å². The van der Waals surface area contributed by atoms with Crippen LogP contribution in [0.15, 0.2) is 36.5 Å². The lowest BCUT2D eigenvalue weighted by Crippen LogP contribution is -2.64. The Morgan fingerprint density at radius 2 is 1.48 bits per heavy atom. The van der Waals surface area contributed by atoms with Gasteiger partial charge in [0.15, 0.2) is 0 Å². The van der Waals surface area contributed by atoms with Crippen LogP contribution in [0.3, 0.4) is 0 Å². The molecule has 3 heteroatoms. The summed E-state index contributed by atoms with van der Waals surface area (Å²) in [5.41, 5.74) is 0.0991. The molecule has 0 aromatic carbocycles. The molecule has 0 bridgehead atoms. The van der Waals surface area contributed by atoms with Crippen molar-refractivity contribution in [1.29, 1.82) is 0 Å². The van der Waals surface area contributed by atoms with Crippen molar-refractivity contribution in [3.05, 3.63) is 36.5 Å². The molecule has 0 aliphatic heterocycles. The fourth-order valence-corrected chi connectivity index (χ4v) is 12.3. The van der Waals surface area contributed by atoms with Gasteiger partial charge in [-0.05, 0) is 149 Å². The van der Waals surface area contributed by atoms with Crippen LogP contribution in [0.4, 0.5) is 0 Å². The minimum Gasteiger partial charge on any atom is -0.433 e. The molecule has 2 unspecified atom stereocenters. The van der Waals surface area contributed by atoms with Crippen LogP contribution in [0.25, 0.3) is 0 Å². The molecule has 4 fully saturated rings. The van der Waals surface area contributed by atoms with Gasteiger partial charge in [0.25, 0.3) is 0 Å². The largest absolute Gasteiger partial charge is 0.433 e. The first kappa shape index (κ1) is 41.4. The zero-order valence-electron chi connectivity index (χ0n) is 33.9. The van der Waals surface area contributed by atoms with Gasteiger partial charge in [-0.2, -0.15) is 0 Å². The van der Waals surface area contributed by atoms with Crippen molar-refractivity contribution in [2.45, 2.75) is 196 Å². The monoisotopic (exact) mass is 693 g/mol. The highest BCUT2D eigenvalue weighted by Gasteiger charge is 2.67. The molecule has 50 heavy (non-hydrogen) atoms. The molecule has 0 spiro atoms. The Morgan fingerprint density at radius 3 is 2.20 bits per heavy atom. The van der Waals surface area contributed by atoms with E-state index in [1.807, 2.05) is 0 Å². The summed E-state index contributed by atoms with van der Waals surface area (Å²) >= 11 is 0. The van der Waals surface area contributed by atoms with Gasteiger partial charge in [0, 0.05) is 18.3 Å².